The van der Waals surface area contributed by atoms with Gasteiger partial charge in [0, 0.05) is 0 Å². The highest BCUT2D eigenvalue weighted by Gasteiger charge is 2.12. The minimum Gasteiger partial charge on any atom is -0.382 e. The van der Waals surface area contributed by atoms with Gasteiger partial charge in [-0.15, -0.1) is 0 Å². The number of nitrogens with one attached hydrogen (secondary N) is 1. The summed E-state index contributed by atoms with van der Waals surface area (Å²) >= 11 is 11.3. The number of hydrogen-bond donors (Lipinski definition) is 2. The van der Waals surface area contributed by atoms with Crippen molar-refractivity contribution in [2.24, 2.45) is 5.10 Å². The average Bonchev–Trinajstić information content (AvgIpc) is 2.45. The van der Waals surface area contributed by atoms with Crippen LogP contribution in [0.5, 0.6) is 0 Å². The van der Waals surface area contributed by atoms with Crippen LogP contribution in [0.1, 0.15) is 5.69 Å². The van der Waals surface area contributed by atoms with E-state index < -0.39 is 10.0 Å². The molecular formula is C11H9Cl2N5O2S. The molecule has 0 saturated heterocycles. The van der Waals surface area contributed by atoms with Gasteiger partial charge in [-0.3, -0.25) is 0 Å². The molecule has 0 unspecified atom stereocenters. The van der Waals surface area contributed by atoms with Crippen LogP contribution < -0.4 is 10.6 Å². The van der Waals surface area contributed by atoms with Crippen LogP contribution >= 0.6 is 23.2 Å². The fraction of sp³-hybridized carbons (Fsp3) is 0. The zero-order chi connectivity index (χ0) is 15.5. The predicted octanol–water partition coefficient (Wildman–Crippen LogP) is 1.68. The summed E-state index contributed by atoms with van der Waals surface area (Å²) in [5, 5.41) is 3.47. The Morgan fingerprint density at radius 3 is 2.43 bits per heavy atom. The molecule has 1 aromatic carbocycles. The third-order valence-electron chi connectivity index (χ3n) is 2.28. The Balaban J connectivity index is 2.18. The van der Waals surface area contributed by atoms with Gasteiger partial charge >= 0.3 is 0 Å². The molecule has 0 aliphatic heterocycles. The molecule has 110 valence electrons. The summed E-state index contributed by atoms with van der Waals surface area (Å²) in [4.78, 5) is 9.66. The van der Waals surface area contributed by atoms with Gasteiger partial charge in [-0.2, -0.15) is 13.5 Å². The summed E-state index contributed by atoms with van der Waals surface area (Å²) in [5.41, 5.74) is 5.66. The number of hydrogen-bond acceptors (Lipinski definition) is 6. The van der Waals surface area contributed by atoms with E-state index in [4.69, 9.17) is 28.9 Å². The van der Waals surface area contributed by atoms with E-state index in [9.17, 15) is 8.42 Å². The maximum Gasteiger partial charge on any atom is 0.276 e. The standard InChI is InChI=1S/C11H9Cl2N5O2S/c12-9-10(13)17-11(14)8(16-9)6-15-18-21(19,20)7-4-2-1-3-5-7/h1-6,18H,(H2,14,17)/b15-6-. The quantitative estimate of drug-likeness (QED) is 0.646. The van der Waals surface area contributed by atoms with Gasteiger partial charge in [-0.25, -0.2) is 14.8 Å². The molecule has 0 radical (unpaired) electrons. The van der Waals surface area contributed by atoms with Crippen LogP contribution in [0.15, 0.2) is 40.3 Å². The molecule has 0 spiro atoms. The SMILES string of the molecule is Nc1nc(Cl)c(Cl)nc1/C=N\NS(=O)(=O)c1ccccc1. The van der Waals surface area contributed by atoms with E-state index in [0.29, 0.717) is 0 Å². The second-order valence-electron chi connectivity index (χ2n) is 3.74. The number of aromatic nitrogens is 2. The Labute approximate surface area is 130 Å². The minimum atomic E-state index is -3.76. The van der Waals surface area contributed by atoms with Crippen LogP contribution in [0.2, 0.25) is 10.3 Å². The van der Waals surface area contributed by atoms with Crippen molar-refractivity contribution in [1.29, 1.82) is 0 Å². The first-order valence-electron chi connectivity index (χ1n) is 5.48. The second kappa shape index (κ2) is 6.25. The van der Waals surface area contributed by atoms with Crippen molar-refractivity contribution in [3.63, 3.8) is 0 Å². The van der Waals surface area contributed by atoms with Gasteiger partial charge in [0.05, 0.1) is 11.1 Å². The third-order valence-corrected chi connectivity index (χ3v) is 4.15. The van der Waals surface area contributed by atoms with Crippen molar-refractivity contribution < 1.29 is 8.42 Å². The number of rotatable bonds is 4. The third kappa shape index (κ3) is 3.81. The van der Waals surface area contributed by atoms with Crippen LogP contribution in [0, 0.1) is 0 Å². The summed E-state index contributed by atoms with van der Waals surface area (Å²) in [6, 6.07) is 7.77. The Hall–Kier alpha value is -1.90. The average molecular weight is 346 g/mol. The molecule has 1 aromatic heterocycles. The molecule has 3 N–H and O–H groups in total. The smallest absolute Gasteiger partial charge is 0.276 e. The van der Waals surface area contributed by atoms with Gasteiger partial charge in [0.1, 0.15) is 5.69 Å². The first-order valence-corrected chi connectivity index (χ1v) is 7.72. The maximum atomic E-state index is 11.9. The van der Waals surface area contributed by atoms with Crippen molar-refractivity contribution in [2.45, 2.75) is 4.90 Å². The number of hydrazone groups is 1. The van der Waals surface area contributed by atoms with Gasteiger partial charge in [0.2, 0.25) is 0 Å². The molecule has 21 heavy (non-hydrogen) atoms. The molecule has 0 aliphatic carbocycles. The van der Waals surface area contributed by atoms with E-state index in [1.165, 1.54) is 12.1 Å². The topological polar surface area (TPSA) is 110 Å². The fourth-order valence-electron chi connectivity index (χ4n) is 1.32. The number of sulfonamides is 1. The molecule has 0 amide bonds. The number of anilines is 1. The number of nitrogens with zero attached hydrogens (tertiary/aromatic N) is 3. The molecule has 2 rings (SSSR count). The van der Waals surface area contributed by atoms with Crippen LogP contribution in [0.4, 0.5) is 5.82 Å². The van der Waals surface area contributed by atoms with E-state index in [1.54, 1.807) is 18.2 Å². The summed E-state index contributed by atoms with van der Waals surface area (Å²) < 4.78 is 23.8. The summed E-state index contributed by atoms with van der Waals surface area (Å²) in [5.74, 6) is -0.0212. The van der Waals surface area contributed by atoms with Crippen LogP contribution in [0.3, 0.4) is 0 Å². The molecule has 0 fully saturated rings. The minimum absolute atomic E-state index is 0.0212. The van der Waals surface area contributed by atoms with Crippen molar-refractivity contribution in [2.75, 3.05) is 5.73 Å². The fourth-order valence-corrected chi connectivity index (χ4v) is 2.40. The summed E-state index contributed by atoms with van der Waals surface area (Å²) in [6.07, 6.45) is 1.09. The second-order valence-corrected chi connectivity index (χ2v) is 6.12. The summed E-state index contributed by atoms with van der Waals surface area (Å²) in [6.45, 7) is 0. The largest absolute Gasteiger partial charge is 0.382 e. The van der Waals surface area contributed by atoms with Gasteiger partial charge in [0.25, 0.3) is 10.0 Å². The molecule has 10 heteroatoms. The van der Waals surface area contributed by atoms with E-state index in [0.717, 1.165) is 6.21 Å². The lowest BCUT2D eigenvalue weighted by atomic mass is 10.4. The molecule has 0 aliphatic rings. The van der Waals surface area contributed by atoms with Crippen LogP contribution in [-0.4, -0.2) is 24.6 Å². The van der Waals surface area contributed by atoms with Crippen LogP contribution in [0.25, 0.3) is 0 Å². The Morgan fingerprint density at radius 1 is 1.14 bits per heavy atom. The highest BCUT2D eigenvalue weighted by Crippen LogP contribution is 2.19. The number of benzene rings is 1. The van der Waals surface area contributed by atoms with Gasteiger partial charge in [-0.05, 0) is 12.1 Å². The van der Waals surface area contributed by atoms with Crippen molar-refractivity contribution in [1.82, 2.24) is 14.8 Å². The molecular weight excluding hydrogens is 337 g/mol. The van der Waals surface area contributed by atoms with Crippen molar-refractivity contribution in [3.8, 4) is 0 Å². The van der Waals surface area contributed by atoms with Crippen LogP contribution in [-0.2, 0) is 10.0 Å². The lowest BCUT2D eigenvalue weighted by molar-refractivity contribution is 0.584. The molecule has 2 aromatic rings. The van der Waals surface area contributed by atoms with Crippen molar-refractivity contribution >= 4 is 45.3 Å². The lowest BCUT2D eigenvalue weighted by Gasteiger charge is -2.03. The zero-order valence-electron chi connectivity index (χ0n) is 10.4. The number of nitrogens with two attached hydrogens (primary N) is 1. The molecule has 0 saturated carbocycles. The molecule has 7 nitrogen and oxygen atoms in total. The Morgan fingerprint density at radius 2 is 1.76 bits per heavy atom. The molecule has 0 bridgehead atoms. The number of halogens is 2. The normalized spacial score (nSPS) is 11.7. The Kier molecular flexibility index (Phi) is 4.61. The first kappa shape index (κ1) is 15.5. The van der Waals surface area contributed by atoms with E-state index in [1.807, 2.05) is 4.83 Å². The first-order chi connectivity index (χ1) is 9.90. The van der Waals surface area contributed by atoms with E-state index in [2.05, 4.69) is 15.1 Å². The molecule has 0 atom stereocenters. The van der Waals surface area contributed by atoms with Gasteiger partial charge < -0.3 is 5.73 Å². The van der Waals surface area contributed by atoms with E-state index in [-0.39, 0.29) is 26.7 Å². The van der Waals surface area contributed by atoms with Crippen molar-refractivity contribution in [3.05, 3.63) is 46.3 Å². The van der Waals surface area contributed by atoms with E-state index >= 15 is 0 Å². The highest BCUT2D eigenvalue weighted by molar-refractivity contribution is 7.89. The Bertz CT molecular complexity index is 781. The predicted molar refractivity (Wildman–Crippen MR) is 80.8 cm³/mol. The summed E-state index contributed by atoms with van der Waals surface area (Å²) in [7, 11) is -3.76. The monoisotopic (exact) mass is 345 g/mol. The van der Waals surface area contributed by atoms with Gasteiger partial charge in [-0.1, -0.05) is 41.4 Å². The lowest BCUT2D eigenvalue weighted by Crippen LogP contribution is -2.18. The van der Waals surface area contributed by atoms with Gasteiger partial charge in [0.15, 0.2) is 16.1 Å². The highest BCUT2D eigenvalue weighted by atomic mass is 35.5. The maximum absolute atomic E-state index is 11.9. The zero-order valence-corrected chi connectivity index (χ0v) is 12.7. The number of nitrogen functional groups attached to an aromatic ring is 1. The molecule has 1 heterocycles.